The number of nitro benzene ring substituents is 1. The molecule has 0 unspecified atom stereocenters. The Hall–Kier alpha value is -3.50. The first-order valence-electron chi connectivity index (χ1n) is 9.92. The Bertz CT molecular complexity index is 1130. The molecule has 2 aromatic rings. The van der Waals surface area contributed by atoms with E-state index in [4.69, 9.17) is 11.6 Å². The zero-order valence-electron chi connectivity index (χ0n) is 17.2. The van der Waals surface area contributed by atoms with E-state index in [9.17, 15) is 24.5 Å². The Morgan fingerprint density at radius 3 is 2.44 bits per heavy atom. The van der Waals surface area contributed by atoms with Gasteiger partial charge in [0.15, 0.2) is 0 Å². The second-order valence-electron chi connectivity index (χ2n) is 7.63. The van der Waals surface area contributed by atoms with Crippen LogP contribution in [0.2, 0.25) is 5.02 Å². The van der Waals surface area contributed by atoms with Crippen LogP contribution in [0.4, 0.5) is 17.1 Å². The fourth-order valence-corrected chi connectivity index (χ4v) is 4.07. The van der Waals surface area contributed by atoms with Gasteiger partial charge in [0.1, 0.15) is 5.69 Å². The summed E-state index contributed by atoms with van der Waals surface area (Å²) in [7, 11) is 1.42. The van der Waals surface area contributed by atoms with Gasteiger partial charge in [-0.1, -0.05) is 11.6 Å². The Morgan fingerprint density at radius 2 is 1.75 bits per heavy atom. The lowest BCUT2D eigenvalue weighted by Crippen LogP contribution is -2.48. The first-order chi connectivity index (χ1) is 15.2. The van der Waals surface area contributed by atoms with Crippen LogP contribution in [0.3, 0.4) is 0 Å². The standard InChI is InChI=1S/C21H20ClN5O5/c1-24-20(29)15-4-3-14(11-16(15)21(24)30)23-19(28)12-25-6-8-26(9-7-25)17-5-2-13(22)10-18(17)27(31)32/h2-5,10-11H,6-9,12H2,1H3,(H,23,28). The number of nitrogens with one attached hydrogen (secondary N) is 1. The summed E-state index contributed by atoms with van der Waals surface area (Å²) in [6.07, 6.45) is 0. The molecule has 0 aromatic heterocycles. The molecule has 10 nitrogen and oxygen atoms in total. The number of hydrogen-bond acceptors (Lipinski definition) is 7. The molecule has 32 heavy (non-hydrogen) atoms. The minimum Gasteiger partial charge on any atom is -0.363 e. The van der Waals surface area contributed by atoms with E-state index in [1.807, 2.05) is 9.80 Å². The molecule has 1 N–H and O–H groups in total. The maximum atomic E-state index is 12.5. The average molecular weight is 458 g/mol. The number of piperazine rings is 1. The van der Waals surface area contributed by atoms with Crippen molar-refractivity contribution in [3.63, 3.8) is 0 Å². The van der Waals surface area contributed by atoms with Gasteiger partial charge >= 0.3 is 0 Å². The molecule has 0 aliphatic carbocycles. The van der Waals surface area contributed by atoms with Crippen molar-refractivity contribution in [3.05, 3.63) is 62.7 Å². The highest BCUT2D eigenvalue weighted by atomic mass is 35.5. The molecule has 0 radical (unpaired) electrons. The summed E-state index contributed by atoms with van der Waals surface area (Å²) in [4.78, 5) is 52.4. The van der Waals surface area contributed by atoms with Gasteiger partial charge in [0.2, 0.25) is 5.91 Å². The van der Waals surface area contributed by atoms with E-state index in [0.29, 0.717) is 48.1 Å². The lowest BCUT2D eigenvalue weighted by molar-refractivity contribution is -0.384. The van der Waals surface area contributed by atoms with E-state index in [1.54, 1.807) is 18.2 Å². The van der Waals surface area contributed by atoms with Crippen molar-refractivity contribution in [1.29, 1.82) is 0 Å². The first kappa shape index (κ1) is 21.7. The molecule has 0 spiro atoms. The predicted octanol–water partition coefficient (Wildman–Crippen LogP) is 2.23. The van der Waals surface area contributed by atoms with E-state index in [1.165, 1.54) is 25.2 Å². The van der Waals surface area contributed by atoms with Crippen LogP contribution in [0, 0.1) is 10.1 Å². The Labute approximate surface area is 188 Å². The zero-order chi connectivity index (χ0) is 23.0. The topological polar surface area (TPSA) is 116 Å². The molecule has 2 aliphatic heterocycles. The number of hydrogen-bond donors (Lipinski definition) is 1. The molecule has 0 atom stereocenters. The molecule has 0 saturated carbocycles. The maximum Gasteiger partial charge on any atom is 0.294 e. The molecule has 1 saturated heterocycles. The summed E-state index contributed by atoms with van der Waals surface area (Å²) in [6, 6.07) is 9.24. The van der Waals surface area contributed by atoms with Crippen molar-refractivity contribution < 1.29 is 19.3 Å². The van der Waals surface area contributed by atoms with Crippen molar-refractivity contribution in [2.24, 2.45) is 0 Å². The van der Waals surface area contributed by atoms with Crippen molar-refractivity contribution in [2.45, 2.75) is 0 Å². The van der Waals surface area contributed by atoms with E-state index in [-0.39, 0.29) is 29.6 Å². The number of benzene rings is 2. The highest BCUT2D eigenvalue weighted by molar-refractivity contribution is 6.31. The van der Waals surface area contributed by atoms with E-state index < -0.39 is 10.8 Å². The van der Waals surface area contributed by atoms with Crippen LogP contribution < -0.4 is 10.2 Å². The Balaban J connectivity index is 1.35. The van der Waals surface area contributed by atoms with Crippen molar-refractivity contribution in [3.8, 4) is 0 Å². The fourth-order valence-electron chi connectivity index (χ4n) is 3.90. The molecular weight excluding hydrogens is 438 g/mol. The molecule has 2 heterocycles. The number of fused-ring (bicyclic) bond motifs is 1. The second-order valence-corrected chi connectivity index (χ2v) is 8.07. The van der Waals surface area contributed by atoms with E-state index in [0.717, 1.165) is 4.90 Å². The summed E-state index contributed by atoms with van der Waals surface area (Å²) in [5.74, 6) is -1.00. The number of nitrogens with zero attached hydrogens (tertiary/aromatic N) is 4. The Morgan fingerprint density at radius 1 is 1.06 bits per heavy atom. The SMILES string of the molecule is CN1C(=O)c2ccc(NC(=O)CN3CCN(c4ccc(Cl)cc4[N+](=O)[O-])CC3)cc2C1=O. The molecule has 1 fully saturated rings. The van der Waals surface area contributed by atoms with Gasteiger partial charge in [-0.25, -0.2) is 0 Å². The lowest BCUT2D eigenvalue weighted by Gasteiger charge is -2.35. The fraction of sp³-hybridized carbons (Fsp3) is 0.286. The highest BCUT2D eigenvalue weighted by Gasteiger charge is 2.33. The highest BCUT2D eigenvalue weighted by Crippen LogP contribution is 2.31. The molecule has 2 aliphatic rings. The number of anilines is 2. The van der Waals surface area contributed by atoms with E-state index in [2.05, 4.69) is 5.32 Å². The minimum absolute atomic E-state index is 0.0426. The van der Waals surface area contributed by atoms with Crippen molar-refractivity contribution in [1.82, 2.24) is 9.80 Å². The van der Waals surface area contributed by atoms with Crippen LogP contribution in [0.25, 0.3) is 0 Å². The number of nitro groups is 1. The van der Waals surface area contributed by atoms with Crippen LogP contribution in [0.15, 0.2) is 36.4 Å². The van der Waals surface area contributed by atoms with Crippen molar-refractivity contribution >= 4 is 46.4 Å². The van der Waals surface area contributed by atoms with Gasteiger partial charge in [-0.15, -0.1) is 0 Å². The molecule has 3 amide bonds. The largest absolute Gasteiger partial charge is 0.363 e. The van der Waals surface area contributed by atoms with Crippen LogP contribution in [-0.4, -0.2) is 72.2 Å². The third-order valence-electron chi connectivity index (χ3n) is 5.59. The minimum atomic E-state index is -0.451. The average Bonchev–Trinajstić information content (AvgIpc) is 2.98. The summed E-state index contributed by atoms with van der Waals surface area (Å²) in [5.41, 5.74) is 1.50. The van der Waals surface area contributed by atoms with Gasteiger partial charge in [-0.3, -0.25) is 34.3 Å². The molecular formula is C21H20ClN5O5. The van der Waals surface area contributed by atoms with E-state index >= 15 is 0 Å². The number of amides is 3. The molecule has 0 bridgehead atoms. The molecule has 2 aromatic carbocycles. The second kappa shape index (κ2) is 8.56. The number of imide groups is 1. The summed E-state index contributed by atoms with van der Waals surface area (Å²) in [5, 5.41) is 14.4. The smallest absolute Gasteiger partial charge is 0.294 e. The molecule has 4 rings (SSSR count). The first-order valence-corrected chi connectivity index (χ1v) is 10.3. The van der Waals surface area contributed by atoms with Crippen LogP contribution in [-0.2, 0) is 4.79 Å². The number of halogens is 1. The van der Waals surface area contributed by atoms with Crippen molar-refractivity contribution in [2.75, 3.05) is 50.0 Å². The van der Waals surface area contributed by atoms with Crippen LogP contribution in [0.1, 0.15) is 20.7 Å². The maximum absolute atomic E-state index is 12.5. The van der Waals surface area contributed by atoms with Crippen LogP contribution >= 0.6 is 11.6 Å². The van der Waals surface area contributed by atoms with Crippen LogP contribution in [0.5, 0.6) is 0 Å². The van der Waals surface area contributed by atoms with Gasteiger partial charge in [0.05, 0.1) is 22.6 Å². The third kappa shape index (κ3) is 4.14. The number of carbonyl (C=O) groups excluding carboxylic acids is 3. The van der Waals surface area contributed by atoms with Gasteiger partial charge in [-0.2, -0.15) is 0 Å². The third-order valence-corrected chi connectivity index (χ3v) is 5.82. The summed E-state index contributed by atoms with van der Waals surface area (Å²) < 4.78 is 0. The summed E-state index contributed by atoms with van der Waals surface area (Å²) in [6.45, 7) is 2.29. The lowest BCUT2D eigenvalue weighted by atomic mass is 10.1. The van der Waals surface area contributed by atoms with Gasteiger partial charge in [-0.05, 0) is 30.3 Å². The summed E-state index contributed by atoms with van der Waals surface area (Å²) >= 11 is 5.89. The van der Waals surface area contributed by atoms with Gasteiger partial charge in [0, 0.05) is 50.0 Å². The zero-order valence-corrected chi connectivity index (χ0v) is 18.0. The van der Waals surface area contributed by atoms with Gasteiger partial charge in [0.25, 0.3) is 17.5 Å². The number of carbonyl (C=O) groups is 3. The Kier molecular flexibility index (Phi) is 5.81. The monoisotopic (exact) mass is 457 g/mol. The quantitative estimate of drug-likeness (QED) is 0.415. The number of rotatable bonds is 5. The van der Waals surface area contributed by atoms with Gasteiger partial charge < -0.3 is 10.2 Å². The molecule has 166 valence electrons. The predicted molar refractivity (Wildman–Crippen MR) is 118 cm³/mol. The normalized spacial score (nSPS) is 16.3. The molecule has 11 heteroatoms.